The highest BCUT2D eigenvalue weighted by Gasteiger charge is 2.09. The van der Waals surface area contributed by atoms with Crippen LogP contribution in [0.15, 0.2) is 18.2 Å². The van der Waals surface area contributed by atoms with Gasteiger partial charge in [-0.2, -0.15) is 0 Å². The van der Waals surface area contributed by atoms with Crippen LogP contribution >= 0.6 is 11.6 Å². The topological polar surface area (TPSA) is 26.3 Å². The molecule has 0 fully saturated rings. The maximum Gasteiger partial charge on any atom is 0.170 e. The summed E-state index contributed by atoms with van der Waals surface area (Å²) in [7, 11) is 1.31. The number of rotatable bonds is 4. The molecule has 86 valence electrons. The molecule has 0 aliphatic rings. The number of halogens is 3. The lowest BCUT2D eigenvalue weighted by molar-refractivity contribution is -0.112. The van der Waals surface area contributed by atoms with Crippen LogP contribution in [0, 0.1) is 11.6 Å². The second-order valence-corrected chi connectivity index (χ2v) is 3.21. The summed E-state index contributed by atoms with van der Waals surface area (Å²) >= 11 is 5.24. The third kappa shape index (κ3) is 3.03. The molecule has 16 heavy (non-hydrogen) atoms. The van der Waals surface area contributed by atoms with Gasteiger partial charge in [0.1, 0.15) is 17.4 Å². The van der Waals surface area contributed by atoms with Crippen molar-refractivity contribution in [2.45, 2.75) is 0 Å². The predicted molar refractivity (Wildman–Crippen MR) is 57.7 cm³/mol. The number of ketones is 1. The van der Waals surface area contributed by atoms with Crippen molar-refractivity contribution in [3.8, 4) is 5.75 Å². The number of benzene rings is 1. The van der Waals surface area contributed by atoms with Crippen molar-refractivity contribution in [3.63, 3.8) is 0 Å². The zero-order chi connectivity index (χ0) is 12.1. The van der Waals surface area contributed by atoms with Gasteiger partial charge in [-0.3, -0.25) is 4.79 Å². The second-order valence-electron chi connectivity index (χ2n) is 2.94. The molecule has 0 bridgehead atoms. The van der Waals surface area contributed by atoms with E-state index in [4.69, 9.17) is 11.6 Å². The third-order valence-electron chi connectivity index (χ3n) is 1.86. The number of ether oxygens (including phenoxy) is 1. The van der Waals surface area contributed by atoms with Crippen molar-refractivity contribution in [3.05, 3.63) is 35.4 Å². The highest BCUT2D eigenvalue weighted by Crippen LogP contribution is 2.21. The number of methoxy groups -OCH3 is 1. The fourth-order valence-corrected chi connectivity index (χ4v) is 1.15. The molecule has 0 N–H and O–H groups in total. The molecule has 0 atom stereocenters. The molecule has 0 heterocycles. The van der Waals surface area contributed by atoms with Crippen LogP contribution in [0.3, 0.4) is 0 Å². The van der Waals surface area contributed by atoms with Crippen molar-refractivity contribution >= 4 is 23.5 Å². The summed E-state index contributed by atoms with van der Waals surface area (Å²) < 4.78 is 31.4. The van der Waals surface area contributed by atoms with Crippen LogP contribution in [-0.2, 0) is 4.79 Å². The van der Waals surface area contributed by atoms with Gasteiger partial charge in [-0.15, -0.1) is 11.6 Å². The quantitative estimate of drug-likeness (QED) is 0.603. The lowest BCUT2D eigenvalue weighted by atomic mass is 10.1. The first-order chi connectivity index (χ1) is 7.58. The Bertz CT molecular complexity index is 407. The van der Waals surface area contributed by atoms with Crippen LogP contribution in [0.5, 0.6) is 5.75 Å². The van der Waals surface area contributed by atoms with E-state index >= 15 is 0 Å². The van der Waals surface area contributed by atoms with Crippen molar-refractivity contribution < 1.29 is 18.3 Å². The van der Waals surface area contributed by atoms with E-state index in [-0.39, 0.29) is 17.2 Å². The van der Waals surface area contributed by atoms with E-state index in [9.17, 15) is 13.6 Å². The van der Waals surface area contributed by atoms with Crippen molar-refractivity contribution in [1.82, 2.24) is 0 Å². The fourth-order valence-electron chi connectivity index (χ4n) is 1.06. The minimum atomic E-state index is -0.796. The second kappa shape index (κ2) is 5.61. The normalized spacial score (nSPS) is 10.8. The summed E-state index contributed by atoms with van der Waals surface area (Å²) in [6, 6.07) is 2.07. The van der Waals surface area contributed by atoms with Crippen LogP contribution < -0.4 is 4.74 Å². The van der Waals surface area contributed by atoms with Gasteiger partial charge in [0.25, 0.3) is 0 Å². The van der Waals surface area contributed by atoms with Gasteiger partial charge in [0.05, 0.1) is 13.0 Å². The van der Waals surface area contributed by atoms with Crippen LogP contribution in [0.1, 0.15) is 5.56 Å². The fraction of sp³-hybridized carbons (Fsp3) is 0.182. The lowest BCUT2D eigenvalue weighted by Gasteiger charge is -2.03. The predicted octanol–water partition coefficient (Wildman–Crippen LogP) is 2.79. The molecule has 0 spiro atoms. The van der Waals surface area contributed by atoms with E-state index in [1.165, 1.54) is 7.11 Å². The van der Waals surface area contributed by atoms with Gasteiger partial charge < -0.3 is 4.74 Å². The Morgan fingerprint density at radius 2 is 2.00 bits per heavy atom. The largest absolute Gasteiger partial charge is 0.497 e. The number of carbonyl (C=O) groups is 1. The molecule has 0 aromatic heterocycles. The van der Waals surface area contributed by atoms with E-state index in [1.54, 1.807) is 0 Å². The Labute approximate surface area is 96.5 Å². The SMILES string of the molecule is COc1cc(F)c(C=CC(=O)CCl)c(F)c1. The van der Waals surface area contributed by atoms with E-state index < -0.39 is 17.4 Å². The van der Waals surface area contributed by atoms with E-state index in [0.717, 1.165) is 24.3 Å². The number of allylic oxidation sites excluding steroid dienone is 1. The molecular formula is C11H9ClF2O2. The van der Waals surface area contributed by atoms with Crippen LogP contribution in [0.4, 0.5) is 8.78 Å². The molecule has 1 aromatic carbocycles. The number of carbonyl (C=O) groups excluding carboxylic acids is 1. The van der Waals surface area contributed by atoms with E-state index in [2.05, 4.69) is 4.74 Å². The molecule has 5 heteroatoms. The molecule has 0 radical (unpaired) electrons. The first-order valence-electron chi connectivity index (χ1n) is 4.38. The highest BCUT2D eigenvalue weighted by atomic mass is 35.5. The molecule has 0 saturated heterocycles. The summed E-state index contributed by atoms with van der Waals surface area (Å²) in [5, 5.41) is 0. The van der Waals surface area contributed by atoms with Crippen LogP contribution in [-0.4, -0.2) is 18.8 Å². The molecule has 2 nitrogen and oxygen atoms in total. The molecule has 1 aromatic rings. The monoisotopic (exact) mass is 246 g/mol. The van der Waals surface area contributed by atoms with Gasteiger partial charge in [0.2, 0.25) is 0 Å². The van der Waals surface area contributed by atoms with Crippen LogP contribution in [0.25, 0.3) is 6.08 Å². The molecule has 1 rings (SSSR count). The standard InChI is InChI=1S/C11H9ClF2O2/c1-16-8-4-10(13)9(11(14)5-8)3-2-7(15)6-12/h2-5H,6H2,1H3. The summed E-state index contributed by atoms with van der Waals surface area (Å²) in [6.45, 7) is 0. The number of alkyl halides is 1. The van der Waals surface area contributed by atoms with Gasteiger partial charge in [-0.05, 0) is 12.2 Å². The van der Waals surface area contributed by atoms with Gasteiger partial charge in [-0.1, -0.05) is 0 Å². The van der Waals surface area contributed by atoms with Crippen molar-refractivity contribution in [2.75, 3.05) is 13.0 Å². The van der Waals surface area contributed by atoms with Crippen molar-refractivity contribution in [2.24, 2.45) is 0 Å². The average molecular weight is 247 g/mol. The number of hydrogen-bond acceptors (Lipinski definition) is 2. The Balaban J connectivity index is 3.05. The molecule has 0 amide bonds. The lowest BCUT2D eigenvalue weighted by Crippen LogP contribution is -1.95. The maximum absolute atomic E-state index is 13.3. The first kappa shape index (κ1) is 12.6. The summed E-state index contributed by atoms with van der Waals surface area (Å²) in [4.78, 5) is 10.8. The minimum absolute atomic E-state index is 0.0795. The van der Waals surface area contributed by atoms with Gasteiger partial charge >= 0.3 is 0 Å². The van der Waals surface area contributed by atoms with Gasteiger partial charge in [0, 0.05) is 17.7 Å². The highest BCUT2D eigenvalue weighted by molar-refractivity contribution is 6.29. The molecule has 0 saturated carbocycles. The molecule has 0 aliphatic heterocycles. The Morgan fingerprint density at radius 1 is 1.44 bits per heavy atom. The minimum Gasteiger partial charge on any atom is -0.497 e. The Kier molecular flexibility index (Phi) is 4.43. The van der Waals surface area contributed by atoms with E-state index in [1.807, 2.05) is 0 Å². The Hall–Kier alpha value is -1.42. The molecule has 0 aliphatic carbocycles. The average Bonchev–Trinajstić information content (AvgIpc) is 2.27. The maximum atomic E-state index is 13.3. The smallest absolute Gasteiger partial charge is 0.170 e. The van der Waals surface area contributed by atoms with Crippen LogP contribution in [0.2, 0.25) is 0 Å². The molecule has 0 unspecified atom stereocenters. The first-order valence-corrected chi connectivity index (χ1v) is 4.92. The number of hydrogen-bond donors (Lipinski definition) is 0. The Morgan fingerprint density at radius 3 is 2.44 bits per heavy atom. The summed E-state index contributed by atoms with van der Waals surface area (Å²) in [5.74, 6) is -2.16. The van der Waals surface area contributed by atoms with Gasteiger partial charge in [0.15, 0.2) is 5.78 Å². The van der Waals surface area contributed by atoms with Crippen molar-refractivity contribution in [1.29, 1.82) is 0 Å². The zero-order valence-corrected chi connectivity index (χ0v) is 9.22. The third-order valence-corrected chi connectivity index (χ3v) is 2.12. The summed E-state index contributed by atoms with van der Waals surface area (Å²) in [6.07, 6.45) is 2.08. The molecular weight excluding hydrogens is 238 g/mol. The summed E-state index contributed by atoms with van der Waals surface area (Å²) in [5.41, 5.74) is -0.292. The van der Waals surface area contributed by atoms with E-state index in [0.29, 0.717) is 0 Å². The van der Waals surface area contributed by atoms with Gasteiger partial charge in [-0.25, -0.2) is 8.78 Å². The zero-order valence-electron chi connectivity index (χ0n) is 8.47.